The molecule has 0 spiro atoms. The highest BCUT2D eigenvalue weighted by Gasteiger charge is 2.18. The molecule has 1 aliphatic rings. The molecule has 0 unspecified atom stereocenters. The number of hydrogen-bond donors (Lipinski definition) is 1. The van der Waals surface area contributed by atoms with Gasteiger partial charge in [-0.25, -0.2) is 4.98 Å². The number of carboxylic acid groups (broad SMARTS) is 1. The fourth-order valence-electron chi connectivity index (χ4n) is 3.15. The first kappa shape index (κ1) is 15.0. The minimum atomic E-state index is -0.766. The number of carboxylic acids is 1. The minimum absolute atomic E-state index is 0.130. The Morgan fingerprint density at radius 3 is 2.59 bits per heavy atom. The topological polar surface area (TPSA) is 58.4 Å². The van der Waals surface area contributed by atoms with E-state index in [-0.39, 0.29) is 6.42 Å². The molecule has 3 rings (SSSR count). The van der Waals surface area contributed by atoms with Gasteiger partial charge in [0.2, 0.25) is 0 Å². The number of benzene rings is 1. The summed E-state index contributed by atoms with van der Waals surface area (Å²) < 4.78 is 2.09. The van der Waals surface area contributed by atoms with Crippen LogP contribution < -0.4 is 0 Å². The van der Waals surface area contributed by atoms with E-state index >= 15 is 0 Å². The Hall–Kier alpha value is -1.88. The Balaban J connectivity index is 1.99. The van der Waals surface area contributed by atoms with Crippen molar-refractivity contribution in [3.63, 3.8) is 0 Å². The third-order valence-electron chi connectivity index (χ3n) is 4.56. The van der Waals surface area contributed by atoms with Crippen LogP contribution in [-0.2, 0) is 17.9 Å². The summed E-state index contributed by atoms with van der Waals surface area (Å²) in [7, 11) is 0. The minimum Gasteiger partial charge on any atom is -0.481 e. The van der Waals surface area contributed by atoms with E-state index in [1.54, 1.807) is 0 Å². The smallest absolute Gasteiger partial charge is 0.305 e. The molecule has 1 N–H and O–H groups in total. The lowest BCUT2D eigenvalue weighted by Gasteiger charge is -2.15. The molecule has 22 heavy (non-hydrogen) atoms. The summed E-state index contributed by atoms with van der Waals surface area (Å²) >= 11 is 0. The average molecular weight is 301 g/mol. The zero-order chi connectivity index (χ0) is 15.7. The maximum atomic E-state index is 11.0. The average Bonchev–Trinajstić information content (AvgIpc) is 3.06. The van der Waals surface area contributed by atoms with Gasteiger partial charge in [0, 0.05) is 6.54 Å². The highest BCUT2D eigenvalue weighted by atomic mass is 16.4. The predicted molar refractivity (Wildman–Crippen MR) is 86.0 cm³/mol. The number of rotatable bonds is 5. The molecule has 1 aromatic carbocycles. The number of likely N-dealkylation sites (tertiary alicyclic amines) is 1. The second-order valence-corrected chi connectivity index (χ2v) is 6.23. The van der Waals surface area contributed by atoms with Crippen LogP contribution in [0.4, 0.5) is 0 Å². The Bertz CT molecular complexity index is 699. The van der Waals surface area contributed by atoms with Gasteiger partial charge in [-0.15, -0.1) is 0 Å². The molecule has 0 aliphatic carbocycles. The number of carbonyl (C=O) groups is 1. The molecule has 0 amide bonds. The molecule has 2 aromatic rings. The number of imidazole rings is 1. The van der Waals surface area contributed by atoms with Gasteiger partial charge in [-0.05, 0) is 63.0 Å². The van der Waals surface area contributed by atoms with Crippen LogP contribution in [0.2, 0.25) is 0 Å². The van der Waals surface area contributed by atoms with Crippen molar-refractivity contribution in [3.8, 4) is 0 Å². The molecule has 1 fully saturated rings. The van der Waals surface area contributed by atoms with Crippen molar-refractivity contribution in [2.75, 3.05) is 13.1 Å². The standard InChI is InChI=1S/C17H23N3O2/c1-12-9-14-15(10-13(12)2)20(8-5-17(21)22)16(18-14)11-19-6-3-4-7-19/h9-10H,3-8,11H2,1-2H3,(H,21,22). The van der Waals surface area contributed by atoms with Gasteiger partial charge < -0.3 is 9.67 Å². The fourth-order valence-corrected chi connectivity index (χ4v) is 3.15. The molecular formula is C17H23N3O2. The van der Waals surface area contributed by atoms with Gasteiger partial charge in [0.15, 0.2) is 0 Å². The van der Waals surface area contributed by atoms with Gasteiger partial charge in [0.1, 0.15) is 5.82 Å². The SMILES string of the molecule is Cc1cc2nc(CN3CCCC3)n(CCC(=O)O)c2cc1C. The van der Waals surface area contributed by atoms with E-state index < -0.39 is 5.97 Å². The van der Waals surface area contributed by atoms with Crippen molar-refractivity contribution >= 4 is 17.0 Å². The molecule has 1 aromatic heterocycles. The zero-order valence-corrected chi connectivity index (χ0v) is 13.3. The largest absolute Gasteiger partial charge is 0.481 e. The predicted octanol–water partition coefficient (Wildman–Crippen LogP) is 2.72. The third kappa shape index (κ3) is 2.99. The third-order valence-corrected chi connectivity index (χ3v) is 4.56. The highest BCUT2D eigenvalue weighted by molar-refractivity contribution is 5.78. The van der Waals surface area contributed by atoms with Gasteiger partial charge >= 0.3 is 5.97 Å². The summed E-state index contributed by atoms with van der Waals surface area (Å²) in [6.45, 7) is 7.69. The van der Waals surface area contributed by atoms with Crippen LogP contribution in [0.5, 0.6) is 0 Å². The maximum absolute atomic E-state index is 11.0. The van der Waals surface area contributed by atoms with Crippen LogP contribution in [0, 0.1) is 13.8 Å². The summed E-state index contributed by atoms with van der Waals surface area (Å²) in [6.07, 6.45) is 2.62. The van der Waals surface area contributed by atoms with Gasteiger partial charge in [-0.1, -0.05) is 0 Å². The van der Waals surface area contributed by atoms with Gasteiger partial charge in [-0.2, -0.15) is 0 Å². The van der Waals surface area contributed by atoms with E-state index in [4.69, 9.17) is 10.1 Å². The Kier molecular flexibility index (Phi) is 4.16. The second kappa shape index (κ2) is 6.08. The Morgan fingerprint density at radius 2 is 1.91 bits per heavy atom. The van der Waals surface area contributed by atoms with E-state index in [0.717, 1.165) is 36.5 Å². The summed E-state index contributed by atoms with van der Waals surface area (Å²) in [6, 6.07) is 4.24. The normalized spacial score (nSPS) is 15.7. The van der Waals surface area contributed by atoms with Gasteiger partial charge in [0.25, 0.3) is 0 Å². The maximum Gasteiger partial charge on any atom is 0.305 e. The van der Waals surface area contributed by atoms with Crippen LogP contribution in [0.1, 0.15) is 36.2 Å². The van der Waals surface area contributed by atoms with Gasteiger partial charge in [0.05, 0.1) is 24.0 Å². The van der Waals surface area contributed by atoms with Crippen molar-refractivity contribution in [1.82, 2.24) is 14.5 Å². The molecular weight excluding hydrogens is 278 g/mol. The van der Waals surface area contributed by atoms with Crippen molar-refractivity contribution in [2.45, 2.75) is 46.2 Å². The molecule has 5 nitrogen and oxygen atoms in total. The van der Waals surface area contributed by atoms with E-state index in [2.05, 4.69) is 35.4 Å². The van der Waals surface area contributed by atoms with Crippen molar-refractivity contribution in [1.29, 1.82) is 0 Å². The summed E-state index contributed by atoms with van der Waals surface area (Å²) in [4.78, 5) is 18.1. The lowest BCUT2D eigenvalue weighted by Crippen LogP contribution is -2.21. The van der Waals surface area contributed by atoms with Gasteiger partial charge in [-0.3, -0.25) is 9.69 Å². The molecule has 5 heteroatoms. The summed E-state index contributed by atoms with van der Waals surface area (Å²) in [5.41, 5.74) is 4.47. The lowest BCUT2D eigenvalue weighted by molar-refractivity contribution is -0.137. The molecule has 118 valence electrons. The molecule has 0 bridgehead atoms. The summed E-state index contributed by atoms with van der Waals surface area (Å²) in [5.74, 6) is 0.223. The van der Waals surface area contributed by atoms with Crippen molar-refractivity contribution in [2.24, 2.45) is 0 Å². The quantitative estimate of drug-likeness (QED) is 0.922. The summed E-state index contributed by atoms with van der Waals surface area (Å²) in [5, 5.41) is 9.01. The monoisotopic (exact) mass is 301 g/mol. The second-order valence-electron chi connectivity index (χ2n) is 6.23. The number of hydrogen-bond acceptors (Lipinski definition) is 3. The molecule has 0 radical (unpaired) electrons. The zero-order valence-electron chi connectivity index (χ0n) is 13.3. The highest BCUT2D eigenvalue weighted by Crippen LogP contribution is 2.23. The Morgan fingerprint density at radius 1 is 1.23 bits per heavy atom. The van der Waals surface area contributed by atoms with Crippen LogP contribution in [0.15, 0.2) is 12.1 Å². The molecule has 2 heterocycles. The van der Waals surface area contributed by atoms with E-state index in [9.17, 15) is 4.79 Å². The van der Waals surface area contributed by atoms with Crippen molar-refractivity contribution in [3.05, 3.63) is 29.1 Å². The number of aryl methyl sites for hydroxylation is 3. The van der Waals surface area contributed by atoms with E-state index in [1.165, 1.54) is 24.0 Å². The molecule has 0 atom stereocenters. The van der Waals surface area contributed by atoms with E-state index in [1.807, 2.05) is 0 Å². The lowest BCUT2D eigenvalue weighted by atomic mass is 10.1. The van der Waals surface area contributed by atoms with Crippen LogP contribution in [-0.4, -0.2) is 38.6 Å². The first-order chi connectivity index (χ1) is 10.5. The number of fused-ring (bicyclic) bond motifs is 1. The van der Waals surface area contributed by atoms with Crippen LogP contribution in [0.3, 0.4) is 0 Å². The van der Waals surface area contributed by atoms with Crippen molar-refractivity contribution < 1.29 is 9.90 Å². The molecule has 1 saturated heterocycles. The van der Waals surface area contributed by atoms with Crippen LogP contribution in [0.25, 0.3) is 11.0 Å². The first-order valence-corrected chi connectivity index (χ1v) is 7.95. The Labute approximate surface area is 130 Å². The van der Waals surface area contributed by atoms with E-state index in [0.29, 0.717) is 6.54 Å². The van der Waals surface area contributed by atoms with Crippen LogP contribution >= 0.6 is 0 Å². The molecule has 1 aliphatic heterocycles. The first-order valence-electron chi connectivity index (χ1n) is 7.95. The molecule has 0 saturated carbocycles. The number of nitrogens with zero attached hydrogens (tertiary/aromatic N) is 3. The number of aliphatic carboxylic acids is 1. The fraction of sp³-hybridized carbons (Fsp3) is 0.529. The number of aromatic nitrogens is 2.